The van der Waals surface area contributed by atoms with Crippen LogP contribution in [0.5, 0.6) is 0 Å². The lowest BCUT2D eigenvalue weighted by Crippen LogP contribution is -2.38. The second-order valence-corrected chi connectivity index (χ2v) is 5.63. The average molecular weight is 273 g/mol. The summed E-state index contributed by atoms with van der Waals surface area (Å²) in [7, 11) is 0. The van der Waals surface area contributed by atoms with Gasteiger partial charge in [-0.3, -0.25) is 9.48 Å². The molecule has 102 valence electrons. The van der Waals surface area contributed by atoms with Crippen LogP contribution in [0.15, 0.2) is 6.20 Å². The van der Waals surface area contributed by atoms with Crippen LogP contribution in [0.1, 0.15) is 45.1 Å². The van der Waals surface area contributed by atoms with Crippen molar-refractivity contribution in [2.75, 3.05) is 6.61 Å². The van der Waals surface area contributed by atoms with E-state index in [1.807, 2.05) is 34.6 Å². The van der Waals surface area contributed by atoms with Crippen molar-refractivity contribution < 1.29 is 9.53 Å². The zero-order valence-electron chi connectivity index (χ0n) is 11.7. The highest BCUT2D eigenvalue weighted by atomic mass is 35.5. The summed E-state index contributed by atoms with van der Waals surface area (Å²) in [6.45, 7) is 10.8. The maximum Gasteiger partial charge on any atom is 0.211 e. The van der Waals surface area contributed by atoms with Crippen LogP contribution in [-0.2, 0) is 11.3 Å². The van der Waals surface area contributed by atoms with Crippen molar-refractivity contribution in [1.29, 1.82) is 0 Å². The van der Waals surface area contributed by atoms with Crippen LogP contribution >= 0.6 is 11.6 Å². The predicted octanol–water partition coefficient (Wildman–Crippen LogP) is 3.19. The van der Waals surface area contributed by atoms with Crippen LogP contribution in [0, 0.1) is 5.41 Å². The predicted molar refractivity (Wildman–Crippen MR) is 72.1 cm³/mol. The van der Waals surface area contributed by atoms with E-state index in [4.69, 9.17) is 16.3 Å². The molecule has 1 atom stereocenters. The first-order valence-electron chi connectivity index (χ1n) is 6.20. The fourth-order valence-electron chi connectivity index (χ4n) is 1.86. The highest BCUT2D eigenvalue weighted by molar-refractivity contribution is 6.33. The van der Waals surface area contributed by atoms with Crippen LogP contribution in [0.2, 0.25) is 5.02 Å². The van der Waals surface area contributed by atoms with Crippen molar-refractivity contribution in [2.24, 2.45) is 5.41 Å². The van der Waals surface area contributed by atoms with Gasteiger partial charge in [-0.15, -0.1) is 0 Å². The van der Waals surface area contributed by atoms with Crippen LogP contribution in [0.3, 0.4) is 0 Å². The first-order chi connectivity index (χ1) is 8.32. The standard InChI is InChI=1S/C13H21ClN2O2/c1-6-16-10(9(14)8-15-16)11(17)12(18-7-2)13(3,4)5/h8,12H,6-7H2,1-5H3. The number of carbonyl (C=O) groups excluding carboxylic acids is 1. The molecule has 0 aromatic carbocycles. The number of rotatable bonds is 5. The Morgan fingerprint density at radius 3 is 2.56 bits per heavy atom. The van der Waals surface area contributed by atoms with Gasteiger partial charge in [0.2, 0.25) is 5.78 Å². The van der Waals surface area contributed by atoms with Crippen LogP contribution in [0.4, 0.5) is 0 Å². The Balaban J connectivity index is 3.13. The number of ketones is 1. The van der Waals surface area contributed by atoms with Crippen LogP contribution < -0.4 is 0 Å². The third kappa shape index (κ3) is 3.12. The van der Waals surface area contributed by atoms with Crippen molar-refractivity contribution >= 4 is 17.4 Å². The van der Waals surface area contributed by atoms with Gasteiger partial charge in [0.1, 0.15) is 11.8 Å². The van der Waals surface area contributed by atoms with Crippen molar-refractivity contribution in [2.45, 2.75) is 47.3 Å². The van der Waals surface area contributed by atoms with Gasteiger partial charge in [0.15, 0.2) is 0 Å². The van der Waals surface area contributed by atoms with Gasteiger partial charge in [0.25, 0.3) is 0 Å². The number of nitrogens with zero attached hydrogens (tertiary/aromatic N) is 2. The third-order valence-electron chi connectivity index (χ3n) is 2.69. The molecule has 0 aliphatic heterocycles. The van der Waals surface area contributed by atoms with Gasteiger partial charge in [-0.2, -0.15) is 5.10 Å². The molecule has 0 aliphatic carbocycles. The van der Waals surface area contributed by atoms with Crippen molar-refractivity contribution in [3.63, 3.8) is 0 Å². The Labute approximate surface area is 113 Å². The van der Waals surface area contributed by atoms with E-state index < -0.39 is 6.10 Å². The van der Waals surface area contributed by atoms with Gasteiger partial charge >= 0.3 is 0 Å². The van der Waals surface area contributed by atoms with Crippen LogP contribution in [-0.4, -0.2) is 28.3 Å². The molecular weight excluding hydrogens is 252 g/mol. The molecule has 1 unspecified atom stereocenters. The summed E-state index contributed by atoms with van der Waals surface area (Å²) in [5.74, 6) is -0.103. The number of ether oxygens (including phenoxy) is 1. The molecule has 0 N–H and O–H groups in total. The zero-order chi connectivity index (χ0) is 13.9. The minimum Gasteiger partial charge on any atom is -0.370 e. The molecule has 0 radical (unpaired) electrons. The highest BCUT2D eigenvalue weighted by Crippen LogP contribution is 2.28. The van der Waals surface area contributed by atoms with E-state index >= 15 is 0 Å². The Morgan fingerprint density at radius 1 is 1.50 bits per heavy atom. The first kappa shape index (κ1) is 15.2. The second kappa shape index (κ2) is 5.85. The smallest absolute Gasteiger partial charge is 0.211 e. The Morgan fingerprint density at radius 2 is 2.11 bits per heavy atom. The molecule has 0 fully saturated rings. The highest BCUT2D eigenvalue weighted by Gasteiger charge is 2.35. The number of hydrogen-bond donors (Lipinski definition) is 0. The zero-order valence-corrected chi connectivity index (χ0v) is 12.4. The molecule has 18 heavy (non-hydrogen) atoms. The van der Waals surface area contributed by atoms with Gasteiger partial charge in [0, 0.05) is 13.2 Å². The number of hydrogen-bond acceptors (Lipinski definition) is 3. The lowest BCUT2D eigenvalue weighted by atomic mass is 9.85. The van der Waals surface area contributed by atoms with E-state index in [1.165, 1.54) is 6.20 Å². The lowest BCUT2D eigenvalue weighted by Gasteiger charge is -2.29. The Hall–Kier alpha value is -0.870. The van der Waals surface area contributed by atoms with Crippen molar-refractivity contribution in [3.8, 4) is 0 Å². The third-order valence-corrected chi connectivity index (χ3v) is 2.96. The lowest BCUT2D eigenvalue weighted by molar-refractivity contribution is -0.000910. The van der Waals surface area contributed by atoms with E-state index in [0.717, 1.165) is 0 Å². The van der Waals surface area contributed by atoms with E-state index in [0.29, 0.717) is 23.9 Å². The van der Waals surface area contributed by atoms with Crippen molar-refractivity contribution in [1.82, 2.24) is 9.78 Å². The monoisotopic (exact) mass is 272 g/mol. The Bertz CT molecular complexity index is 421. The number of carbonyl (C=O) groups is 1. The van der Waals surface area contributed by atoms with Gasteiger partial charge in [-0.1, -0.05) is 32.4 Å². The normalized spacial score (nSPS) is 13.7. The molecule has 1 heterocycles. The fourth-order valence-corrected chi connectivity index (χ4v) is 2.09. The van der Waals surface area contributed by atoms with E-state index in [1.54, 1.807) is 4.68 Å². The number of Topliss-reactive ketones (excluding diaryl/α,β-unsaturated/α-hetero) is 1. The molecule has 1 aromatic rings. The van der Waals surface area contributed by atoms with E-state index in [9.17, 15) is 4.79 Å². The SMILES string of the molecule is CCOC(C(=O)c1c(Cl)cnn1CC)C(C)(C)C. The molecule has 0 spiro atoms. The molecule has 0 saturated heterocycles. The number of aryl methyl sites for hydroxylation is 1. The number of aromatic nitrogens is 2. The summed E-state index contributed by atoms with van der Waals surface area (Å²) in [5.41, 5.74) is 0.159. The largest absolute Gasteiger partial charge is 0.370 e. The minimum atomic E-state index is -0.512. The summed E-state index contributed by atoms with van der Waals surface area (Å²) in [5, 5.41) is 4.47. The Kier molecular flexibility index (Phi) is 4.93. The molecule has 0 bridgehead atoms. The van der Waals surface area contributed by atoms with E-state index in [2.05, 4.69) is 5.10 Å². The molecule has 1 rings (SSSR count). The van der Waals surface area contributed by atoms with Gasteiger partial charge < -0.3 is 4.74 Å². The quantitative estimate of drug-likeness (QED) is 0.773. The minimum absolute atomic E-state index is 0.103. The van der Waals surface area contributed by atoms with Gasteiger partial charge in [-0.05, 0) is 19.3 Å². The average Bonchev–Trinajstić information content (AvgIpc) is 2.64. The first-order valence-corrected chi connectivity index (χ1v) is 6.57. The molecule has 0 aliphatic rings. The fraction of sp³-hybridized carbons (Fsp3) is 0.692. The summed E-state index contributed by atoms with van der Waals surface area (Å²) in [6, 6.07) is 0. The molecule has 0 saturated carbocycles. The summed E-state index contributed by atoms with van der Waals surface area (Å²) in [4.78, 5) is 12.6. The molecular formula is C13H21ClN2O2. The molecule has 0 amide bonds. The van der Waals surface area contributed by atoms with E-state index in [-0.39, 0.29) is 11.2 Å². The summed E-state index contributed by atoms with van der Waals surface area (Å²) >= 11 is 6.05. The summed E-state index contributed by atoms with van der Waals surface area (Å²) in [6.07, 6.45) is 0.992. The van der Waals surface area contributed by atoms with Gasteiger partial charge in [-0.25, -0.2) is 0 Å². The van der Waals surface area contributed by atoms with Gasteiger partial charge in [0.05, 0.1) is 11.2 Å². The second-order valence-electron chi connectivity index (χ2n) is 5.22. The maximum absolute atomic E-state index is 12.6. The topological polar surface area (TPSA) is 44.1 Å². The molecule has 5 heteroatoms. The molecule has 4 nitrogen and oxygen atoms in total. The maximum atomic E-state index is 12.6. The van der Waals surface area contributed by atoms with Crippen LogP contribution in [0.25, 0.3) is 0 Å². The number of halogens is 1. The summed E-state index contributed by atoms with van der Waals surface area (Å²) < 4.78 is 7.21. The van der Waals surface area contributed by atoms with Crippen molar-refractivity contribution in [3.05, 3.63) is 16.9 Å². The molecule has 1 aromatic heterocycles.